The lowest BCUT2D eigenvalue weighted by Crippen LogP contribution is -2.34. The van der Waals surface area contributed by atoms with E-state index >= 15 is 0 Å². The van der Waals surface area contributed by atoms with Gasteiger partial charge in [-0.2, -0.15) is 0 Å². The monoisotopic (exact) mass is 896 g/mol. The highest BCUT2D eigenvalue weighted by atomic mass is 16.4. The lowest BCUT2D eigenvalue weighted by Gasteiger charge is -2.13. The Hall–Kier alpha value is -5.50. The molecule has 0 unspecified atom stereocenters. The second kappa shape index (κ2) is 33.0. The van der Waals surface area contributed by atoms with Gasteiger partial charge in [-0.25, -0.2) is 4.79 Å². The van der Waals surface area contributed by atoms with Crippen LogP contribution in [0.1, 0.15) is 83.9 Å². The third kappa shape index (κ3) is 26.8. The van der Waals surface area contributed by atoms with Crippen LogP contribution in [0.3, 0.4) is 0 Å². The van der Waals surface area contributed by atoms with E-state index in [9.17, 15) is 28.8 Å². The molecular weight excluding hydrogens is 819 g/mol. The highest BCUT2D eigenvalue weighted by molar-refractivity contribution is 5.87. The first-order valence-electron chi connectivity index (χ1n) is 21.9. The summed E-state index contributed by atoms with van der Waals surface area (Å²) in [5.41, 5.74) is 8.58. The average molecular weight is 896 g/mol. The van der Waals surface area contributed by atoms with E-state index in [4.69, 9.17) is 5.11 Å². The van der Waals surface area contributed by atoms with Crippen molar-refractivity contribution in [3.05, 3.63) is 142 Å². The molecule has 5 N–H and O–H groups in total. The Kier molecular flexibility index (Phi) is 30.3. The molecule has 0 heterocycles. The molecule has 0 aliphatic carbocycles. The molecular formula is C53H77N5O7. The van der Waals surface area contributed by atoms with Gasteiger partial charge in [0, 0.05) is 0 Å². The van der Waals surface area contributed by atoms with Gasteiger partial charge in [-0.1, -0.05) is 96.1 Å². The van der Waals surface area contributed by atoms with Crippen LogP contribution in [0.15, 0.2) is 97.1 Å². The van der Waals surface area contributed by atoms with Crippen molar-refractivity contribution < 1.29 is 33.9 Å². The topological polar surface area (TPSA) is 174 Å². The number of carbonyl (C=O) groups excluding carboxylic acids is 5. The van der Waals surface area contributed by atoms with Crippen molar-refractivity contribution in [2.45, 2.75) is 105 Å². The Morgan fingerprint density at radius 1 is 0.492 bits per heavy atom. The zero-order chi connectivity index (χ0) is 49.6. The van der Waals surface area contributed by atoms with Crippen molar-refractivity contribution in [3.8, 4) is 0 Å². The Morgan fingerprint density at radius 3 is 1.23 bits per heavy atom. The van der Waals surface area contributed by atoms with Gasteiger partial charge < -0.3 is 31.3 Å². The van der Waals surface area contributed by atoms with Crippen LogP contribution < -0.4 is 21.3 Å². The van der Waals surface area contributed by atoms with Crippen molar-refractivity contribution in [2.75, 3.05) is 48.8 Å². The lowest BCUT2D eigenvalue weighted by molar-refractivity contribution is -0.119. The van der Waals surface area contributed by atoms with Crippen molar-refractivity contribution in [2.24, 2.45) is 0 Å². The Labute approximate surface area is 389 Å². The molecule has 0 bridgehead atoms. The molecule has 65 heavy (non-hydrogen) atoms. The maximum atomic E-state index is 11.2. The molecule has 0 aliphatic rings. The number of aryl methyl sites for hydroxylation is 3. The van der Waals surface area contributed by atoms with Crippen molar-refractivity contribution in [1.29, 1.82) is 0 Å². The highest BCUT2D eigenvalue weighted by Crippen LogP contribution is 2.11. The van der Waals surface area contributed by atoms with Crippen LogP contribution in [0.25, 0.3) is 0 Å². The number of Topliss-reactive ketones (excluding diaryl/α,β-unsaturated/α-hetero) is 5. The zero-order valence-corrected chi connectivity index (χ0v) is 41.4. The molecule has 0 fully saturated rings. The molecule has 0 saturated carbocycles. The summed E-state index contributed by atoms with van der Waals surface area (Å²) in [6.07, 6.45) is 2.89. The predicted octanol–water partition coefficient (Wildman–Crippen LogP) is 6.38. The van der Waals surface area contributed by atoms with Crippen molar-refractivity contribution >= 4 is 34.9 Å². The largest absolute Gasteiger partial charge is 0.478 e. The normalized spacial score (nSPS) is 12.1. The summed E-state index contributed by atoms with van der Waals surface area (Å²) < 4.78 is 0. The van der Waals surface area contributed by atoms with E-state index in [-0.39, 0.29) is 58.6 Å². The molecule has 0 saturated heterocycles. The number of nitrogens with one attached hydrogen (secondary N) is 4. The number of aromatic carboxylic acids is 1. The van der Waals surface area contributed by atoms with Crippen LogP contribution >= 0.6 is 0 Å². The van der Waals surface area contributed by atoms with Gasteiger partial charge in [0.25, 0.3) is 0 Å². The number of ketones is 5. The summed E-state index contributed by atoms with van der Waals surface area (Å²) in [6, 6.07) is 30.9. The zero-order valence-electron chi connectivity index (χ0n) is 41.4. The van der Waals surface area contributed by atoms with E-state index in [1.165, 1.54) is 40.3 Å². The molecule has 12 nitrogen and oxygen atoms in total. The summed E-state index contributed by atoms with van der Waals surface area (Å²) in [7, 11) is 11.0. The number of benzene rings is 4. The first-order valence-corrected chi connectivity index (χ1v) is 21.9. The lowest BCUT2D eigenvalue weighted by atomic mass is 9.99. The molecule has 4 aromatic carbocycles. The van der Waals surface area contributed by atoms with Crippen molar-refractivity contribution in [1.82, 2.24) is 26.2 Å². The molecule has 0 aliphatic heterocycles. The number of carbonyl (C=O) groups is 6. The van der Waals surface area contributed by atoms with Gasteiger partial charge in [0.15, 0.2) is 0 Å². The van der Waals surface area contributed by atoms with E-state index < -0.39 is 5.97 Å². The standard InChI is InChI=1S/C12H15NO3.3C12H17NO.C5H11NO/c1-8(14)11(13-2)7-9-3-5-10(6-4-9)12(15)16;1-9-4-6-11(7-5-9)8-12(13-3)10(2)14;1-9-5-4-6-11(7-9)8-12(13-3)10(2)14;1-9-6-4-5-7-11(9)8-12(13-3)10(2)14;1-5(7)4-6(2)3/h3-6,11,13H,7H2,1-2H3,(H,15,16);3*4-7,12-13H,8H2,1-3H3;4H2,1-3H3/t11-;3*12-;/m0000./s1. The van der Waals surface area contributed by atoms with Gasteiger partial charge in [-0.15, -0.1) is 0 Å². The van der Waals surface area contributed by atoms with Crippen LogP contribution in [0.4, 0.5) is 0 Å². The fourth-order valence-corrected chi connectivity index (χ4v) is 6.35. The van der Waals surface area contributed by atoms with Crippen LogP contribution in [-0.4, -0.2) is 118 Å². The molecule has 4 rings (SSSR count). The number of likely N-dealkylation sites (N-methyl/N-ethyl adjacent to an activating group) is 5. The minimum absolute atomic E-state index is 0.0577. The summed E-state index contributed by atoms with van der Waals surface area (Å²) in [5, 5.41) is 20.7. The number of carboxylic acid groups (broad SMARTS) is 1. The summed E-state index contributed by atoms with van der Waals surface area (Å²) in [6.45, 7) is 14.7. The third-order valence-electron chi connectivity index (χ3n) is 10.3. The van der Waals surface area contributed by atoms with Gasteiger partial charge >= 0.3 is 5.97 Å². The molecule has 4 aromatic rings. The van der Waals surface area contributed by atoms with Crippen molar-refractivity contribution in [3.63, 3.8) is 0 Å². The highest BCUT2D eigenvalue weighted by Gasteiger charge is 2.15. The molecule has 0 spiro atoms. The third-order valence-corrected chi connectivity index (χ3v) is 10.3. The number of hydrogen-bond donors (Lipinski definition) is 5. The van der Waals surface area contributed by atoms with Crippen LogP contribution in [0.2, 0.25) is 0 Å². The van der Waals surface area contributed by atoms with E-state index in [2.05, 4.69) is 96.6 Å². The fourth-order valence-electron chi connectivity index (χ4n) is 6.35. The van der Waals surface area contributed by atoms with E-state index in [1.54, 1.807) is 59.0 Å². The van der Waals surface area contributed by atoms with Crippen LogP contribution in [0, 0.1) is 20.8 Å². The Bertz CT molecular complexity index is 2050. The maximum absolute atomic E-state index is 11.2. The van der Waals surface area contributed by atoms with Crippen LogP contribution in [-0.2, 0) is 49.7 Å². The molecule has 4 atom stereocenters. The number of rotatable bonds is 19. The Morgan fingerprint density at radius 2 is 0.892 bits per heavy atom. The summed E-state index contributed by atoms with van der Waals surface area (Å²) in [4.78, 5) is 67.5. The van der Waals surface area contributed by atoms with Gasteiger partial charge in [-0.3, -0.25) is 24.0 Å². The predicted molar refractivity (Wildman–Crippen MR) is 265 cm³/mol. The molecule has 0 radical (unpaired) electrons. The number of carboxylic acids is 1. The van der Waals surface area contributed by atoms with Crippen LogP contribution in [0.5, 0.6) is 0 Å². The second-order valence-corrected chi connectivity index (χ2v) is 16.5. The Balaban J connectivity index is 0.000000802. The van der Waals surface area contributed by atoms with E-state index in [0.717, 1.165) is 24.8 Å². The van der Waals surface area contributed by atoms with Gasteiger partial charge in [0.05, 0.1) is 36.3 Å². The molecule has 0 aromatic heterocycles. The van der Waals surface area contributed by atoms with Gasteiger partial charge in [-0.05, 0) is 163 Å². The smallest absolute Gasteiger partial charge is 0.335 e. The van der Waals surface area contributed by atoms with Gasteiger partial charge in [0.2, 0.25) is 0 Å². The number of hydrogen-bond acceptors (Lipinski definition) is 11. The average Bonchev–Trinajstić information content (AvgIpc) is 3.24. The molecule has 356 valence electrons. The fraction of sp³-hybridized carbons (Fsp3) is 0.434. The number of nitrogens with zero attached hydrogens (tertiary/aromatic N) is 1. The SMILES string of the molecule is CC(=O)CN(C)C.CN[C@@H](Cc1ccc(C(=O)O)cc1)C(C)=O.CN[C@@H](Cc1ccc(C)cc1)C(C)=O.CN[C@@H](Cc1cccc(C)c1)C(C)=O.CN[C@@H](Cc1ccccc1C)C(C)=O. The first kappa shape index (κ1) is 59.5. The maximum Gasteiger partial charge on any atom is 0.335 e. The quantitative estimate of drug-likeness (QED) is 0.0704. The van der Waals surface area contributed by atoms with E-state index in [0.29, 0.717) is 13.0 Å². The minimum atomic E-state index is -0.941. The van der Waals surface area contributed by atoms with Gasteiger partial charge in [0.1, 0.15) is 28.9 Å². The van der Waals surface area contributed by atoms with E-state index in [1.807, 2.05) is 58.3 Å². The first-order chi connectivity index (χ1) is 30.6. The summed E-state index contributed by atoms with van der Waals surface area (Å²) in [5.74, 6) is -0.0871. The molecule has 0 amide bonds. The second-order valence-electron chi connectivity index (χ2n) is 16.5. The minimum Gasteiger partial charge on any atom is -0.478 e. The molecule has 12 heteroatoms. The summed E-state index contributed by atoms with van der Waals surface area (Å²) >= 11 is 0.